The summed E-state index contributed by atoms with van der Waals surface area (Å²) in [5.41, 5.74) is 7.99. The van der Waals surface area contributed by atoms with Crippen molar-refractivity contribution in [3.63, 3.8) is 0 Å². The van der Waals surface area contributed by atoms with E-state index in [1.165, 1.54) is 0 Å². The number of aromatic nitrogens is 4. The number of nitrogens with zero attached hydrogens (tertiary/aromatic N) is 4. The third kappa shape index (κ3) is 14.0. The molecule has 0 saturated heterocycles. The van der Waals surface area contributed by atoms with Crippen LogP contribution in [0.3, 0.4) is 0 Å². The van der Waals surface area contributed by atoms with E-state index in [1.54, 1.807) is 16.4 Å². The van der Waals surface area contributed by atoms with Gasteiger partial charge in [0, 0.05) is 51.6 Å². The van der Waals surface area contributed by atoms with Crippen LogP contribution in [0, 0.1) is 0 Å². The van der Waals surface area contributed by atoms with Crippen molar-refractivity contribution >= 4 is 87.9 Å². The van der Waals surface area contributed by atoms with Crippen LogP contribution in [0.2, 0.25) is 15.1 Å². The third-order valence-electron chi connectivity index (χ3n) is 8.20. The Morgan fingerprint density at radius 1 is 0.607 bits per heavy atom. The maximum absolute atomic E-state index is 12.4. The number of amides is 2. The number of carbonyl (C=O) groups is 2. The van der Waals surface area contributed by atoms with Gasteiger partial charge >= 0.3 is 8.26 Å². The molecular weight excluding hydrogens is 838 g/mol. The lowest BCUT2D eigenvalue weighted by atomic mass is 10.0. The van der Waals surface area contributed by atoms with E-state index in [0.717, 1.165) is 62.0 Å². The number of hydrogen-bond donors (Lipinski definition) is 2. The Kier molecular flexibility index (Phi) is 16.4. The van der Waals surface area contributed by atoms with Gasteiger partial charge in [0.1, 0.15) is 16.7 Å². The maximum atomic E-state index is 12.4. The van der Waals surface area contributed by atoms with Gasteiger partial charge in [0.05, 0.1) is 24.2 Å². The number of rotatable bonds is 10. The van der Waals surface area contributed by atoms with Crippen molar-refractivity contribution < 1.29 is 18.0 Å². The Labute approximate surface area is 350 Å². The summed E-state index contributed by atoms with van der Waals surface area (Å²) in [6.07, 6.45) is 2.15. The molecule has 2 N–H and O–H groups in total. The van der Waals surface area contributed by atoms with Gasteiger partial charge in [-0.2, -0.15) is 18.6 Å². The number of anilines is 2. The molecule has 0 radical (unpaired) electrons. The van der Waals surface area contributed by atoms with Crippen molar-refractivity contribution in [3.8, 4) is 22.3 Å². The van der Waals surface area contributed by atoms with Crippen LogP contribution in [-0.2, 0) is 57.6 Å². The number of carbonyl (C=O) groups excluding carboxylic acids is 2. The molecule has 10 nitrogen and oxygen atoms in total. The van der Waals surface area contributed by atoms with Crippen LogP contribution in [0.4, 0.5) is 11.6 Å². The van der Waals surface area contributed by atoms with Gasteiger partial charge in [-0.25, -0.2) is 0 Å². The third-order valence-corrected chi connectivity index (χ3v) is 9.10. The van der Waals surface area contributed by atoms with Crippen LogP contribution in [0.15, 0.2) is 103 Å². The van der Waals surface area contributed by atoms with Gasteiger partial charge < -0.3 is 10.6 Å². The Morgan fingerprint density at radius 2 is 1.00 bits per heavy atom. The molecule has 16 heteroatoms. The van der Waals surface area contributed by atoms with E-state index >= 15 is 0 Å². The maximum Gasteiger partial charge on any atom is 0.317 e. The van der Waals surface area contributed by atoms with Crippen LogP contribution < -0.4 is 10.6 Å². The largest absolute Gasteiger partial charge is 0.317 e. The molecule has 0 unspecified atom stereocenters. The second kappa shape index (κ2) is 20.7. The average Bonchev–Trinajstić information content (AvgIpc) is 3.64. The lowest BCUT2D eigenvalue weighted by molar-refractivity contribution is -0.116. The Morgan fingerprint density at radius 3 is 1.36 bits per heavy atom. The van der Waals surface area contributed by atoms with Gasteiger partial charge in [-0.15, -0.1) is 0 Å². The van der Waals surface area contributed by atoms with Crippen LogP contribution >= 0.6 is 56.2 Å². The molecule has 6 rings (SSSR count). The quantitative estimate of drug-likeness (QED) is 0.132. The lowest BCUT2D eigenvalue weighted by Gasteiger charge is -2.07. The summed E-state index contributed by atoms with van der Waals surface area (Å²) >= 11 is 18.1. The minimum Gasteiger partial charge on any atom is -0.311 e. The minimum atomic E-state index is -3.72. The molecule has 0 fully saturated rings. The fourth-order valence-corrected chi connectivity index (χ4v) is 5.97. The second-order valence-electron chi connectivity index (χ2n) is 12.3. The molecule has 2 amide bonds. The molecule has 0 aliphatic rings. The first-order valence-corrected chi connectivity index (χ1v) is 21.5. The topological polar surface area (TPSA) is 128 Å². The molecule has 0 saturated carbocycles. The molecule has 0 bridgehead atoms. The number of halogens is 5. The van der Waals surface area contributed by atoms with Crippen molar-refractivity contribution in [2.24, 2.45) is 14.1 Å². The number of hydrogen-bond acceptors (Lipinski definition) is 6. The summed E-state index contributed by atoms with van der Waals surface area (Å²) < 4.78 is 21.6. The van der Waals surface area contributed by atoms with Gasteiger partial charge in [0.15, 0.2) is 0 Å². The summed E-state index contributed by atoms with van der Waals surface area (Å²) in [5, 5.41) is 16.3. The molecule has 2 aromatic heterocycles. The number of benzene rings is 4. The highest BCUT2D eigenvalue weighted by Crippen LogP contribution is 2.27. The summed E-state index contributed by atoms with van der Waals surface area (Å²) in [7, 11) is 8.41. The molecular formula is C40H39Cl5N6O4S. The predicted molar refractivity (Wildman–Crippen MR) is 229 cm³/mol. The van der Waals surface area contributed by atoms with E-state index < -0.39 is 8.26 Å². The molecule has 0 spiro atoms. The summed E-state index contributed by atoms with van der Waals surface area (Å²) in [4.78, 5) is 24.6. The van der Waals surface area contributed by atoms with E-state index in [9.17, 15) is 9.59 Å². The zero-order chi connectivity index (χ0) is 41.0. The molecule has 4 aromatic carbocycles. The highest BCUT2D eigenvalue weighted by Gasteiger charge is 2.16. The summed E-state index contributed by atoms with van der Waals surface area (Å²) in [5.74, 6) is 1.08. The second-order valence-corrected chi connectivity index (χ2v) is 17.2. The SMILES string of the molecule is CCc1cc(NC(=O)Cc2ccc(-c3ccc(Cl)cc3)cc2)n(C)n1.CCc1nn(C)c(NC(=O)Cc2ccc(-c3ccc(Cl)cc3)cc2)c1Cl.O=S(=O)(Cl)Cl. The van der Waals surface area contributed by atoms with Crippen molar-refractivity contribution in [2.75, 3.05) is 10.6 Å². The molecule has 6 aromatic rings. The molecule has 0 atom stereocenters. The van der Waals surface area contributed by atoms with Gasteiger partial charge in [-0.1, -0.05) is 121 Å². The van der Waals surface area contributed by atoms with Gasteiger partial charge in [-0.3, -0.25) is 19.0 Å². The normalized spacial score (nSPS) is 10.8. The van der Waals surface area contributed by atoms with Crippen molar-refractivity contribution in [3.05, 3.63) is 141 Å². The van der Waals surface area contributed by atoms with Crippen molar-refractivity contribution in [2.45, 2.75) is 39.5 Å². The van der Waals surface area contributed by atoms with Gasteiger partial charge in [0.25, 0.3) is 0 Å². The minimum absolute atomic E-state index is 0.0510. The fraction of sp³-hybridized carbons (Fsp3) is 0.200. The van der Waals surface area contributed by atoms with E-state index in [4.69, 9.17) is 43.2 Å². The van der Waals surface area contributed by atoms with Gasteiger partial charge in [-0.05, 0) is 70.5 Å². The van der Waals surface area contributed by atoms with E-state index in [2.05, 4.69) is 42.2 Å². The first-order chi connectivity index (χ1) is 26.5. The Hall–Kier alpha value is -4.36. The average molecular weight is 877 g/mol. The van der Waals surface area contributed by atoms with E-state index in [-0.39, 0.29) is 18.2 Å². The first kappa shape index (κ1) is 44.4. The number of nitrogens with one attached hydrogen (secondary N) is 2. The Bertz CT molecular complexity index is 2340. The molecule has 0 aliphatic heterocycles. The van der Waals surface area contributed by atoms with Crippen molar-refractivity contribution in [1.29, 1.82) is 0 Å². The monoisotopic (exact) mass is 874 g/mol. The molecule has 294 valence electrons. The highest BCUT2D eigenvalue weighted by molar-refractivity contribution is 8.31. The standard InChI is InChI=1S/C20H19Cl2N3O.C20H20ClN3O.Cl2O2S/c1-3-17-19(22)20(25(2)24-17)23-18(26)12-13-4-6-14(7-5-13)15-8-10-16(21)11-9-15;1-3-18-13-19(24(2)23-18)22-20(25)12-14-4-6-15(7-5-14)16-8-10-17(21)11-9-16;1-5(2,3)4/h4-11H,3,12H2,1-2H3,(H,23,26);4-11,13H,3,12H2,1-2H3,(H,22,25);. The van der Waals surface area contributed by atoms with Crippen LogP contribution in [0.25, 0.3) is 22.3 Å². The first-order valence-electron chi connectivity index (χ1n) is 17.2. The summed E-state index contributed by atoms with van der Waals surface area (Å²) in [6.45, 7) is 4.01. The van der Waals surface area contributed by atoms with Crippen LogP contribution in [0.1, 0.15) is 36.4 Å². The van der Waals surface area contributed by atoms with Crippen LogP contribution in [-0.4, -0.2) is 39.8 Å². The molecule has 2 heterocycles. The fourth-order valence-electron chi connectivity index (χ4n) is 5.38. The molecule has 0 aliphatic carbocycles. The van der Waals surface area contributed by atoms with Crippen molar-refractivity contribution in [1.82, 2.24) is 19.6 Å². The Balaban J connectivity index is 0.000000222. The molecule has 56 heavy (non-hydrogen) atoms. The zero-order valence-corrected chi connectivity index (χ0v) is 35.5. The summed E-state index contributed by atoms with van der Waals surface area (Å²) in [6, 6.07) is 33.2. The smallest absolute Gasteiger partial charge is 0.311 e. The van der Waals surface area contributed by atoms with Crippen LogP contribution in [0.5, 0.6) is 0 Å². The lowest BCUT2D eigenvalue weighted by Crippen LogP contribution is -2.16. The zero-order valence-electron chi connectivity index (χ0n) is 30.9. The van der Waals surface area contributed by atoms with E-state index in [0.29, 0.717) is 28.7 Å². The van der Waals surface area contributed by atoms with E-state index in [1.807, 2.05) is 124 Å². The number of aryl methyl sites for hydroxylation is 4. The van der Waals surface area contributed by atoms with Gasteiger partial charge in [0.2, 0.25) is 11.8 Å². The predicted octanol–water partition coefficient (Wildman–Crippen LogP) is 10.3. The highest BCUT2D eigenvalue weighted by atomic mass is 36.0.